The van der Waals surface area contributed by atoms with Gasteiger partial charge in [-0.1, -0.05) is 0 Å². The Balaban J connectivity index is 1.83. The summed E-state index contributed by atoms with van der Waals surface area (Å²) in [6.07, 6.45) is 3.60. The predicted octanol–water partition coefficient (Wildman–Crippen LogP) is 0.662. The van der Waals surface area contributed by atoms with Crippen LogP contribution in [0.2, 0.25) is 0 Å². The maximum Gasteiger partial charge on any atom is 0.407 e. The summed E-state index contributed by atoms with van der Waals surface area (Å²) in [6.45, 7) is 0. The lowest BCUT2D eigenvalue weighted by Gasteiger charge is -2.18. The van der Waals surface area contributed by atoms with Gasteiger partial charge in [-0.25, -0.2) is 4.79 Å². The topological polar surface area (TPSA) is 50.9 Å². The van der Waals surface area contributed by atoms with E-state index in [1.54, 1.807) is 0 Å². The zero-order valence-electron chi connectivity index (χ0n) is 7.08. The van der Waals surface area contributed by atoms with Crippen molar-refractivity contribution in [2.24, 2.45) is 0 Å². The van der Waals surface area contributed by atoms with Crippen LogP contribution in [-0.4, -0.2) is 31.5 Å². The molecule has 0 aromatic heterocycles. The van der Waals surface area contributed by atoms with E-state index in [9.17, 15) is 4.79 Å². The van der Waals surface area contributed by atoms with E-state index in [1.165, 1.54) is 7.11 Å². The molecule has 0 bridgehead atoms. The number of rotatable bonds is 1. The number of hydrogen-bond acceptors (Lipinski definition) is 3. The van der Waals surface area contributed by atoms with Crippen molar-refractivity contribution >= 4 is 6.09 Å². The standard InChI is InChI=1S/C8H13NO3/c1-11-8(10)9-5-3-2-4-6-7(5)12-6/h5-7H,2-4H2,1H3,(H,9,10)/t5-,6+,7-/m1/s1. The summed E-state index contributed by atoms with van der Waals surface area (Å²) in [4.78, 5) is 10.9. The highest BCUT2D eigenvalue weighted by molar-refractivity contribution is 5.67. The van der Waals surface area contributed by atoms with Crippen molar-refractivity contribution in [3.05, 3.63) is 0 Å². The number of carbonyl (C=O) groups excluding carboxylic acids is 1. The van der Waals surface area contributed by atoms with Crippen molar-refractivity contribution in [2.75, 3.05) is 7.11 Å². The van der Waals surface area contributed by atoms with Gasteiger partial charge in [-0.2, -0.15) is 0 Å². The zero-order valence-corrected chi connectivity index (χ0v) is 7.08. The van der Waals surface area contributed by atoms with E-state index in [2.05, 4.69) is 10.1 Å². The van der Waals surface area contributed by atoms with Gasteiger partial charge in [0.05, 0.1) is 19.3 Å². The van der Waals surface area contributed by atoms with Crippen LogP contribution >= 0.6 is 0 Å². The molecular formula is C8H13NO3. The van der Waals surface area contributed by atoms with Gasteiger partial charge in [-0.3, -0.25) is 0 Å². The van der Waals surface area contributed by atoms with Crippen LogP contribution in [0, 0.1) is 0 Å². The number of nitrogens with one attached hydrogen (secondary N) is 1. The first-order valence-electron chi connectivity index (χ1n) is 4.31. The van der Waals surface area contributed by atoms with Crippen LogP contribution in [0.25, 0.3) is 0 Å². The van der Waals surface area contributed by atoms with Crippen LogP contribution in [0.4, 0.5) is 4.79 Å². The lowest BCUT2D eigenvalue weighted by Crippen LogP contribution is -2.40. The Labute approximate surface area is 71.2 Å². The third-order valence-corrected chi connectivity index (χ3v) is 2.51. The van der Waals surface area contributed by atoms with E-state index in [0.717, 1.165) is 19.3 Å². The first kappa shape index (κ1) is 7.86. The first-order chi connectivity index (χ1) is 5.81. The van der Waals surface area contributed by atoms with E-state index in [4.69, 9.17) is 4.74 Å². The van der Waals surface area contributed by atoms with E-state index >= 15 is 0 Å². The van der Waals surface area contributed by atoms with Gasteiger partial charge in [0, 0.05) is 0 Å². The lowest BCUT2D eigenvalue weighted by atomic mass is 9.96. The van der Waals surface area contributed by atoms with Gasteiger partial charge in [0.1, 0.15) is 6.10 Å². The van der Waals surface area contributed by atoms with Crippen LogP contribution in [0.3, 0.4) is 0 Å². The molecule has 0 spiro atoms. The summed E-state index contributed by atoms with van der Waals surface area (Å²) in [7, 11) is 1.38. The fourth-order valence-electron chi connectivity index (χ4n) is 1.81. The Morgan fingerprint density at radius 2 is 2.42 bits per heavy atom. The first-order valence-corrected chi connectivity index (χ1v) is 4.31. The molecule has 1 amide bonds. The number of hydrogen-bond donors (Lipinski definition) is 1. The van der Waals surface area contributed by atoms with Gasteiger partial charge in [0.15, 0.2) is 0 Å². The van der Waals surface area contributed by atoms with E-state index in [-0.39, 0.29) is 18.2 Å². The highest BCUT2D eigenvalue weighted by Gasteiger charge is 2.47. The van der Waals surface area contributed by atoms with E-state index < -0.39 is 0 Å². The van der Waals surface area contributed by atoms with Gasteiger partial charge in [-0.05, 0) is 19.3 Å². The molecule has 3 atom stereocenters. The molecule has 2 fully saturated rings. The van der Waals surface area contributed by atoms with E-state index in [0.29, 0.717) is 6.10 Å². The minimum Gasteiger partial charge on any atom is -0.453 e. The average Bonchev–Trinajstić information content (AvgIpc) is 2.84. The quantitative estimate of drug-likeness (QED) is 0.590. The molecule has 2 rings (SSSR count). The van der Waals surface area contributed by atoms with Gasteiger partial charge in [0.25, 0.3) is 0 Å². The molecule has 0 unspecified atom stereocenters. The molecule has 1 saturated carbocycles. The Bertz CT molecular complexity index is 195. The number of amides is 1. The highest BCUT2D eigenvalue weighted by Crippen LogP contribution is 2.36. The Hall–Kier alpha value is -0.770. The smallest absolute Gasteiger partial charge is 0.407 e. The molecule has 4 nitrogen and oxygen atoms in total. The molecule has 1 aliphatic heterocycles. The maximum atomic E-state index is 10.9. The Kier molecular flexibility index (Phi) is 1.92. The van der Waals surface area contributed by atoms with Crippen LogP contribution in [-0.2, 0) is 9.47 Å². The fraction of sp³-hybridized carbons (Fsp3) is 0.875. The average molecular weight is 171 g/mol. The monoisotopic (exact) mass is 171 g/mol. The minimum absolute atomic E-state index is 0.177. The van der Waals surface area contributed by atoms with Crippen LogP contribution < -0.4 is 5.32 Å². The lowest BCUT2D eigenvalue weighted by molar-refractivity contribution is 0.162. The molecule has 0 radical (unpaired) electrons. The Morgan fingerprint density at radius 1 is 1.58 bits per heavy atom. The second-order valence-corrected chi connectivity index (χ2v) is 3.31. The van der Waals surface area contributed by atoms with Gasteiger partial charge in [-0.15, -0.1) is 0 Å². The third kappa shape index (κ3) is 1.39. The summed E-state index contributed by atoms with van der Waals surface area (Å²) in [5.74, 6) is 0. The number of alkyl carbamates (subject to hydrolysis) is 1. The van der Waals surface area contributed by atoms with Crippen molar-refractivity contribution in [1.29, 1.82) is 0 Å². The molecule has 12 heavy (non-hydrogen) atoms. The van der Waals surface area contributed by atoms with Crippen molar-refractivity contribution < 1.29 is 14.3 Å². The molecular weight excluding hydrogens is 158 g/mol. The summed E-state index contributed by atoms with van der Waals surface area (Å²) < 4.78 is 9.88. The SMILES string of the molecule is COC(=O)N[C@@H]1CCC[C@@H]2O[C@@H]21. The molecule has 2 aliphatic rings. The van der Waals surface area contributed by atoms with Crippen molar-refractivity contribution in [1.82, 2.24) is 5.32 Å². The number of epoxide rings is 1. The molecule has 1 heterocycles. The maximum absolute atomic E-state index is 10.9. The molecule has 0 aromatic rings. The summed E-state index contributed by atoms with van der Waals surface area (Å²) in [5, 5.41) is 2.77. The van der Waals surface area contributed by atoms with Crippen molar-refractivity contribution in [3.8, 4) is 0 Å². The summed E-state index contributed by atoms with van der Waals surface area (Å²) in [5.41, 5.74) is 0. The summed E-state index contributed by atoms with van der Waals surface area (Å²) in [6, 6.07) is 0.177. The normalized spacial score (nSPS) is 38.2. The molecule has 1 saturated heterocycles. The largest absolute Gasteiger partial charge is 0.453 e. The second kappa shape index (κ2) is 2.94. The fourth-order valence-corrected chi connectivity index (χ4v) is 1.81. The molecule has 68 valence electrons. The molecule has 4 heteroatoms. The minimum atomic E-state index is -0.351. The molecule has 0 aromatic carbocycles. The molecule has 1 aliphatic carbocycles. The van der Waals surface area contributed by atoms with Crippen LogP contribution in [0.1, 0.15) is 19.3 Å². The summed E-state index contributed by atoms with van der Waals surface area (Å²) >= 11 is 0. The Morgan fingerprint density at radius 3 is 3.17 bits per heavy atom. The van der Waals surface area contributed by atoms with Gasteiger partial charge >= 0.3 is 6.09 Å². The van der Waals surface area contributed by atoms with Crippen molar-refractivity contribution in [2.45, 2.75) is 37.5 Å². The van der Waals surface area contributed by atoms with E-state index in [1.807, 2.05) is 0 Å². The number of methoxy groups -OCH3 is 1. The third-order valence-electron chi connectivity index (χ3n) is 2.51. The van der Waals surface area contributed by atoms with Crippen LogP contribution in [0.5, 0.6) is 0 Å². The number of fused-ring (bicyclic) bond motifs is 1. The highest BCUT2D eigenvalue weighted by atomic mass is 16.6. The van der Waals surface area contributed by atoms with Crippen molar-refractivity contribution in [3.63, 3.8) is 0 Å². The number of ether oxygens (including phenoxy) is 2. The molecule has 1 N–H and O–H groups in total. The number of carbonyl (C=O) groups is 1. The van der Waals surface area contributed by atoms with Gasteiger partial charge in [0.2, 0.25) is 0 Å². The zero-order chi connectivity index (χ0) is 8.55. The van der Waals surface area contributed by atoms with Gasteiger partial charge < -0.3 is 14.8 Å². The van der Waals surface area contributed by atoms with Crippen LogP contribution in [0.15, 0.2) is 0 Å². The second-order valence-electron chi connectivity index (χ2n) is 3.31. The predicted molar refractivity (Wildman–Crippen MR) is 41.8 cm³/mol.